The van der Waals surface area contributed by atoms with Gasteiger partial charge in [0, 0.05) is 49.2 Å². The van der Waals surface area contributed by atoms with Crippen LogP contribution in [0, 0.1) is 0 Å². The Hall–Kier alpha value is -1.69. The molecule has 27 heavy (non-hydrogen) atoms. The number of carbonyl (C=O) groups is 1. The minimum absolute atomic E-state index is 0.0603. The van der Waals surface area contributed by atoms with Crippen LogP contribution in [0.2, 0.25) is 5.02 Å². The molecule has 144 valence electrons. The second-order valence-electron chi connectivity index (χ2n) is 6.86. The number of hydrogen-bond acceptors (Lipinski definition) is 4. The van der Waals surface area contributed by atoms with Gasteiger partial charge >= 0.3 is 0 Å². The highest BCUT2D eigenvalue weighted by Crippen LogP contribution is 2.18. The molecule has 2 aromatic rings. The van der Waals surface area contributed by atoms with E-state index in [-0.39, 0.29) is 5.91 Å². The lowest BCUT2D eigenvalue weighted by Gasteiger charge is -2.34. The number of piperazine rings is 1. The Morgan fingerprint density at radius 3 is 2.52 bits per heavy atom. The number of anilines is 1. The molecule has 1 saturated heterocycles. The van der Waals surface area contributed by atoms with Crippen molar-refractivity contribution in [3.05, 3.63) is 64.7 Å². The van der Waals surface area contributed by atoms with E-state index in [1.165, 1.54) is 5.69 Å². The summed E-state index contributed by atoms with van der Waals surface area (Å²) in [6, 6.07) is 16.3. The van der Waals surface area contributed by atoms with Gasteiger partial charge in [0.1, 0.15) is 0 Å². The summed E-state index contributed by atoms with van der Waals surface area (Å²) in [5.74, 6) is 1.30. The number of likely N-dealkylation sites (N-methyl/N-ethyl adjacent to an activating group) is 1. The number of nitrogens with one attached hydrogen (secondary N) is 1. The Kier molecular flexibility index (Phi) is 7.44. The van der Waals surface area contributed by atoms with Crippen LogP contribution in [0.5, 0.6) is 0 Å². The fourth-order valence-electron chi connectivity index (χ4n) is 3.03. The summed E-state index contributed by atoms with van der Waals surface area (Å²) < 4.78 is 0. The Balaban J connectivity index is 1.38. The maximum Gasteiger partial charge on any atom is 0.230 e. The molecule has 0 saturated carbocycles. The fourth-order valence-corrected chi connectivity index (χ4v) is 4.05. The normalized spacial score (nSPS) is 15.0. The zero-order valence-corrected chi connectivity index (χ0v) is 17.2. The molecule has 1 fully saturated rings. The molecule has 1 heterocycles. The van der Waals surface area contributed by atoms with E-state index < -0.39 is 0 Å². The molecule has 1 aliphatic rings. The van der Waals surface area contributed by atoms with Gasteiger partial charge in [0.05, 0.1) is 5.75 Å². The molecular weight excluding hydrogens is 378 g/mol. The summed E-state index contributed by atoms with van der Waals surface area (Å²) in [4.78, 5) is 16.8. The topological polar surface area (TPSA) is 35.6 Å². The highest BCUT2D eigenvalue weighted by atomic mass is 35.5. The first kappa shape index (κ1) is 20.1. The molecule has 1 amide bonds. The summed E-state index contributed by atoms with van der Waals surface area (Å²) in [6.45, 7) is 4.90. The smallest absolute Gasteiger partial charge is 0.230 e. The van der Waals surface area contributed by atoms with E-state index >= 15 is 0 Å². The van der Waals surface area contributed by atoms with E-state index in [0.717, 1.165) is 48.1 Å². The second kappa shape index (κ2) is 10.0. The third-order valence-electron chi connectivity index (χ3n) is 4.69. The molecule has 0 radical (unpaired) electrons. The number of nitrogens with zero attached hydrogens (tertiary/aromatic N) is 2. The first-order chi connectivity index (χ1) is 13.1. The summed E-state index contributed by atoms with van der Waals surface area (Å²) in [7, 11) is 2.16. The van der Waals surface area contributed by atoms with Gasteiger partial charge in [0.15, 0.2) is 0 Å². The largest absolute Gasteiger partial charge is 0.369 e. The maximum absolute atomic E-state index is 12.0. The van der Waals surface area contributed by atoms with Crippen LogP contribution >= 0.6 is 23.4 Å². The standard InChI is InChI=1S/C21H26ClN3OS/c1-24-9-11-25(12-10-24)20-7-5-17(6-8-20)14-23-21(26)16-27-15-18-3-2-4-19(22)13-18/h2-8,13H,9-12,14-16H2,1H3,(H,23,26). The van der Waals surface area contributed by atoms with Crippen molar-refractivity contribution < 1.29 is 4.79 Å². The number of benzene rings is 2. The van der Waals surface area contributed by atoms with Crippen molar-refractivity contribution in [1.82, 2.24) is 10.2 Å². The zero-order valence-electron chi connectivity index (χ0n) is 15.7. The Morgan fingerprint density at radius 2 is 1.81 bits per heavy atom. The highest BCUT2D eigenvalue weighted by Gasteiger charge is 2.14. The van der Waals surface area contributed by atoms with Crippen molar-refractivity contribution in [3.8, 4) is 0 Å². The van der Waals surface area contributed by atoms with E-state index in [4.69, 9.17) is 11.6 Å². The summed E-state index contributed by atoms with van der Waals surface area (Å²) >= 11 is 7.58. The molecule has 0 spiro atoms. The Morgan fingerprint density at radius 1 is 1.07 bits per heavy atom. The molecule has 0 aromatic heterocycles. The van der Waals surface area contributed by atoms with Crippen molar-refractivity contribution in [1.29, 1.82) is 0 Å². The number of amides is 1. The molecule has 2 aromatic carbocycles. The van der Waals surface area contributed by atoms with Gasteiger partial charge < -0.3 is 15.1 Å². The van der Waals surface area contributed by atoms with Crippen molar-refractivity contribution in [3.63, 3.8) is 0 Å². The second-order valence-corrected chi connectivity index (χ2v) is 8.28. The summed E-state index contributed by atoms with van der Waals surface area (Å²) in [5.41, 5.74) is 3.52. The SMILES string of the molecule is CN1CCN(c2ccc(CNC(=O)CSCc3cccc(Cl)c3)cc2)CC1. The van der Waals surface area contributed by atoms with Gasteiger partial charge in [0.25, 0.3) is 0 Å². The highest BCUT2D eigenvalue weighted by molar-refractivity contribution is 7.99. The lowest BCUT2D eigenvalue weighted by molar-refractivity contribution is -0.118. The Labute approximate surface area is 170 Å². The van der Waals surface area contributed by atoms with Gasteiger partial charge in [-0.25, -0.2) is 0 Å². The van der Waals surface area contributed by atoms with E-state index in [2.05, 4.69) is 46.4 Å². The number of hydrogen-bond donors (Lipinski definition) is 1. The van der Waals surface area contributed by atoms with E-state index in [1.807, 2.05) is 24.3 Å². The molecule has 6 heteroatoms. The molecule has 1 aliphatic heterocycles. The molecule has 0 atom stereocenters. The predicted octanol–water partition coefficient (Wildman–Crippen LogP) is 3.64. The monoisotopic (exact) mass is 403 g/mol. The van der Waals surface area contributed by atoms with Gasteiger partial charge in [-0.3, -0.25) is 4.79 Å². The lowest BCUT2D eigenvalue weighted by atomic mass is 10.2. The van der Waals surface area contributed by atoms with Crippen LogP contribution < -0.4 is 10.2 Å². The molecule has 1 N–H and O–H groups in total. The number of halogens is 1. The van der Waals surface area contributed by atoms with Crippen LogP contribution in [0.3, 0.4) is 0 Å². The Bertz CT molecular complexity index is 745. The van der Waals surface area contributed by atoms with Gasteiger partial charge in [-0.05, 0) is 42.4 Å². The van der Waals surface area contributed by atoms with Crippen LogP contribution in [0.25, 0.3) is 0 Å². The summed E-state index contributed by atoms with van der Waals surface area (Å²) in [6.07, 6.45) is 0. The molecular formula is C21H26ClN3OS. The molecule has 3 rings (SSSR count). The average Bonchev–Trinajstić information content (AvgIpc) is 2.68. The zero-order chi connectivity index (χ0) is 19.1. The third-order valence-corrected chi connectivity index (χ3v) is 5.92. The van der Waals surface area contributed by atoms with Gasteiger partial charge in [-0.2, -0.15) is 0 Å². The molecule has 0 aliphatic carbocycles. The molecule has 0 unspecified atom stereocenters. The van der Waals surface area contributed by atoms with Crippen LogP contribution in [0.15, 0.2) is 48.5 Å². The molecule has 4 nitrogen and oxygen atoms in total. The van der Waals surface area contributed by atoms with E-state index in [1.54, 1.807) is 11.8 Å². The maximum atomic E-state index is 12.0. The first-order valence-corrected chi connectivity index (χ1v) is 10.7. The van der Waals surface area contributed by atoms with Crippen LogP contribution in [0.1, 0.15) is 11.1 Å². The van der Waals surface area contributed by atoms with Gasteiger partial charge in [-0.1, -0.05) is 35.9 Å². The van der Waals surface area contributed by atoms with E-state index in [9.17, 15) is 4.79 Å². The van der Waals surface area contributed by atoms with Crippen LogP contribution in [0.4, 0.5) is 5.69 Å². The van der Waals surface area contributed by atoms with Crippen molar-refractivity contribution in [2.45, 2.75) is 12.3 Å². The average molecular weight is 404 g/mol. The van der Waals surface area contributed by atoms with Crippen molar-refractivity contribution in [2.24, 2.45) is 0 Å². The molecule has 0 bridgehead atoms. The van der Waals surface area contributed by atoms with Crippen molar-refractivity contribution in [2.75, 3.05) is 43.9 Å². The minimum atomic E-state index is 0.0603. The quantitative estimate of drug-likeness (QED) is 0.765. The minimum Gasteiger partial charge on any atom is -0.369 e. The first-order valence-electron chi connectivity index (χ1n) is 9.21. The van der Waals surface area contributed by atoms with E-state index in [0.29, 0.717) is 12.3 Å². The fraction of sp³-hybridized carbons (Fsp3) is 0.381. The lowest BCUT2D eigenvalue weighted by Crippen LogP contribution is -2.44. The van der Waals surface area contributed by atoms with Gasteiger partial charge in [0.2, 0.25) is 5.91 Å². The van der Waals surface area contributed by atoms with Gasteiger partial charge in [-0.15, -0.1) is 11.8 Å². The van der Waals surface area contributed by atoms with Crippen LogP contribution in [-0.2, 0) is 17.1 Å². The number of thioether (sulfide) groups is 1. The number of carbonyl (C=O) groups excluding carboxylic acids is 1. The van der Waals surface area contributed by atoms with Crippen LogP contribution in [-0.4, -0.2) is 49.8 Å². The van der Waals surface area contributed by atoms with Crippen molar-refractivity contribution >= 4 is 35.0 Å². The third kappa shape index (κ3) is 6.45. The summed E-state index contributed by atoms with van der Waals surface area (Å²) in [5, 5.41) is 3.73. The predicted molar refractivity (Wildman–Crippen MR) is 116 cm³/mol. The number of rotatable bonds is 7.